The number of aromatic carboxylic acids is 4. The monoisotopic (exact) mass is 632 g/mol. The minimum atomic E-state index is -1.10. The first-order valence-corrected chi connectivity index (χ1v) is 14.3. The van der Waals surface area contributed by atoms with E-state index in [1.807, 2.05) is 60.7 Å². The molecule has 0 aromatic heterocycles. The normalized spacial score (nSPS) is 10.0. The number of carbonyl (C=O) groups is 4. The van der Waals surface area contributed by atoms with Gasteiger partial charge in [-0.1, -0.05) is 84.3 Å². The zero-order valence-corrected chi connectivity index (χ0v) is 25.0. The van der Waals surface area contributed by atoms with Crippen molar-refractivity contribution in [2.24, 2.45) is 0 Å². The maximum absolute atomic E-state index is 11.5. The summed E-state index contributed by atoms with van der Waals surface area (Å²) in [7, 11) is 0. The highest BCUT2D eigenvalue weighted by molar-refractivity contribution is 6.09. The maximum atomic E-state index is 11.5. The molecule has 0 heterocycles. The van der Waals surface area contributed by atoms with Crippen LogP contribution in [0.15, 0.2) is 121 Å². The molecule has 6 aromatic carbocycles. The lowest BCUT2D eigenvalue weighted by atomic mass is 9.96. The van der Waals surface area contributed by atoms with E-state index >= 15 is 0 Å². The van der Waals surface area contributed by atoms with E-state index in [0.717, 1.165) is 11.1 Å². The molecule has 8 nitrogen and oxygen atoms in total. The fourth-order valence-corrected chi connectivity index (χ4v) is 4.95. The average Bonchev–Trinajstić information content (AvgIpc) is 3.09. The van der Waals surface area contributed by atoms with Crippen LogP contribution in [0.5, 0.6) is 0 Å². The summed E-state index contributed by atoms with van der Waals surface area (Å²) in [6.45, 7) is 0. The standard InChI is InChI=1S/2C20H12O4/c21-19(22)17-8-4-7-14-15(10-9-13-5-2-1-3-6-13)18(20(23)24)12-11-16(14)17;21-19(22)15-9-10-16-17(20(23)24)11-8-14(18(16)12-15)7-6-13-4-2-1-3-5-13/h1-8,11-12H,(H,21,22)(H,23,24);1-5,8-12H,(H,21,22)(H,23,24). The van der Waals surface area contributed by atoms with E-state index < -0.39 is 23.9 Å². The second-order valence-electron chi connectivity index (χ2n) is 10.3. The predicted molar refractivity (Wildman–Crippen MR) is 181 cm³/mol. The zero-order valence-electron chi connectivity index (χ0n) is 25.0. The molecule has 0 spiro atoms. The Kier molecular flexibility index (Phi) is 9.60. The molecule has 0 radical (unpaired) electrons. The molecule has 0 saturated carbocycles. The lowest BCUT2D eigenvalue weighted by Crippen LogP contribution is -2.03. The van der Waals surface area contributed by atoms with Crippen LogP contribution in [0, 0.1) is 23.7 Å². The lowest BCUT2D eigenvalue weighted by Gasteiger charge is -2.07. The van der Waals surface area contributed by atoms with Crippen molar-refractivity contribution in [3.05, 3.63) is 166 Å². The Morgan fingerprint density at radius 1 is 0.396 bits per heavy atom. The van der Waals surface area contributed by atoms with Crippen molar-refractivity contribution in [3.63, 3.8) is 0 Å². The summed E-state index contributed by atoms with van der Waals surface area (Å²) in [5.74, 6) is 7.54. The maximum Gasteiger partial charge on any atom is 0.336 e. The molecule has 6 aromatic rings. The first-order valence-electron chi connectivity index (χ1n) is 14.3. The Morgan fingerprint density at radius 3 is 1.50 bits per heavy atom. The Hall–Kier alpha value is -7.16. The van der Waals surface area contributed by atoms with Gasteiger partial charge in [0.2, 0.25) is 0 Å². The molecule has 0 amide bonds. The summed E-state index contributed by atoms with van der Waals surface area (Å²) in [5, 5.41) is 39.2. The number of benzene rings is 6. The molecular formula is C40H24O8. The molecule has 6 rings (SSSR count). The van der Waals surface area contributed by atoms with Crippen LogP contribution < -0.4 is 0 Å². The summed E-state index contributed by atoms with van der Waals surface area (Å²) in [5.41, 5.74) is 2.84. The van der Waals surface area contributed by atoms with Crippen molar-refractivity contribution in [2.45, 2.75) is 0 Å². The largest absolute Gasteiger partial charge is 0.478 e. The van der Waals surface area contributed by atoms with Crippen LogP contribution in [-0.4, -0.2) is 44.3 Å². The Labute approximate surface area is 274 Å². The van der Waals surface area contributed by atoms with E-state index in [1.54, 1.807) is 18.2 Å². The molecule has 0 unspecified atom stereocenters. The molecule has 8 heteroatoms. The van der Waals surface area contributed by atoms with Gasteiger partial charge < -0.3 is 20.4 Å². The van der Waals surface area contributed by atoms with Gasteiger partial charge in [-0.2, -0.15) is 0 Å². The first kappa shape index (κ1) is 32.2. The van der Waals surface area contributed by atoms with Crippen LogP contribution in [0.2, 0.25) is 0 Å². The van der Waals surface area contributed by atoms with Gasteiger partial charge in [0.05, 0.1) is 22.3 Å². The first-order chi connectivity index (χ1) is 23.1. The summed E-state index contributed by atoms with van der Waals surface area (Å²) in [6, 6.07) is 33.7. The highest BCUT2D eigenvalue weighted by Gasteiger charge is 2.16. The van der Waals surface area contributed by atoms with Gasteiger partial charge in [0.25, 0.3) is 0 Å². The van der Waals surface area contributed by atoms with Crippen molar-refractivity contribution < 1.29 is 39.6 Å². The SMILES string of the molecule is O=C(O)c1ccc2c(C(=O)O)ccc(C#Cc3ccccc3)c2c1.O=C(O)c1ccc2c(C(=O)O)cccc2c1C#Cc1ccccc1. The van der Waals surface area contributed by atoms with E-state index in [0.29, 0.717) is 32.7 Å². The summed E-state index contributed by atoms with van der Waals surface area (Å²) in [4.78, 5) is 45.5. The van der Waals surface area contributed by atoms with Crippen LogP contribution in [0.4, 0.5) is 0 Å². The van der Waals surface area contributed by atoms with Crippen LogP contribution in [0.1, 0.15) is 63.7 Å². The number of fused-ring (bicyclic) bond motifs is 2. The number of hydrogen-bond acceptors (Lipinski definition) is 4. The van der Waals surface area contributed by atoms with Gasteiger partial charge in [0.1, 0.15) is 0 Å². The molecule has 232 valence electrons. The Morgan fingerprint density at radius 2 is 0.917 bits per heavy atom. The highest BCUT2D eigenvalue weighted by Crippen LogP contribution is 2.26. The fraction of sp³-hybridized carbons (Fsp3) is 0. The van der Waals surface area contributed by atoms with Gasteiger partial charge in [-0.05, 0) is 82.2 Å². The topological polar surface area (TPSA) is 149 Å². The van der Waals surface area contributed by atoms with Gasteiger partial charge in [-0.25, -0.2) is 19.2 Å². The Bertz CT molecular complexity index is 2320. The van der Waals surface area contributed by atoms with Gasteiger partial charge in [-0.3, -0.25) is 0 Å². The molecule has 0 atom stereocenters. The summed E-state index contributed by atoms with van der Waals surface area (Å²) >= 11 is 0. The van der Waals surface area contributed by atoms with Crippen LogP contribution >= 0.6 is 0 Å². The number of carboxylic acids is 4. The number of rotatable bonds is 4. The molecule has 0 aliphatic rings. The van der Waals surface area contributed by atoms with Crippen molar-refractivity contribution >= 4 is 45.4 Å². The third kappa shape index (κ3) is 7.21. The molecule has 4 N–H and O–H groups in total. The third-order valence-electron chi connectivity index (χ3n) is 7.24. The van der Waals surface area contributed by atoms with Crippen LogP contribution in [-0.2, 0) is 0 Å². The summed E-state index contributed by atoms with van der Waals surface area (Å²) in [6.07, 6.45) is 0. The van der Waals surface area contributed by atoms with Crippen LogP contribution in [0.25, 0.3) is 21.5 Å². The molecule has 0 aliphatic carbocycles. The molecule has 48 heavy (non-hydrogen) atoms. The van der Waals surface area contributed by atoms with Crippen molar-refractivity contribution in [1.82, 2.24) is 0 Å². The van der Waals surface area contributed by atoms with Crippen molar-refractivity contribution in [1.29, 1.82) is 0 Å². The summed E-state index contributed by atoms with van der Waals surface area (Å²) < 4.78 is 0. The predicted octanol–water partition coefficient (Wildman–Crippen LogP) is 7.27. The van der Waals surface area contributed by atoms with Gasteiger partial charge in [0, 0.05) is 22.3 Å². The highest BCUT2D eigenvalue weighted by atomic mass is 16.4. The van der Waals surface area contributed by atoms with E-state index in [1.165, 1.54) is 42.5 Å². The lowest BCUT2D eigenvalue weighted by molar-refractivity contribution is 0.0685. The third-order valence-corrected chi connectivity index (χ3v) is 7.24. The van der Waals surface area contributed by atoms with Crippen LogP contribution in [0.3, 0.4) is 0 Å². The average molecular weight is 633 g/mol. The molecule has 0 bridgehead atoms. The zero-order chi connectivity index (χ0) is 34.2. The minimum absolute atomic E-state index is 0.0495. The second-order valence-corrected chi connectivity index (χ2v) is 10.3. The molecule has 0 aliphatic heterocycles. The minimum Gasteiger partial charge on any atom is -0.478 e. The van der Waals surface area contributed by atoms with E-state index in [-0.39, 0.29) is 22.3 Å². The van der Waals surface area contributed by atoms with Crippen molar-refractivity contribution in [3.8, 4) is 23.7 Å². The number of carboxylic acid groups (broad SMARTS) is 4. The van der Waals surface area contributed by atoms with E-state index in [2.05, 4.69) is 23.7 Å². The van der Waals surface area contributed by atoms with E-state index in [4.69, 9.17) is 5.11 Å². The van der Waals surface area contributed by atoms with E-state index in [9.17, 15) is 34.5 Å². The molecule has 0 fully saturated rings. The van der Waals surface area contributed by atoms with Crippen molar-refractivity contribution in [2.75, 3.05) is 0 Å². The van der Waals surface area contributed by atoms with Gasteiger partial charge >= 0.3 is 23.9 Å². The molecule has 0 saturated heterocycles. The smallest absolute Gasteiger partial charge is 0.336 e. The second kappa shape index (κ2) is 14.3. The fourth-order valence-electron chi connectivity index (χ4n) is 4.95. The number of hydrogen-bond donors (Lipinski definition) is 4. The van der Waals surface area contributed by atoms with Gasteiger partial charge in [0.15, 0.2) is 0 Å². The Balaban J connectivity index is 0.000000188. The van der Waals surface area contributed by atoms with Gasteiger partial charge in [-0.15, -0.1) is 0 Å². The molecular weight excluding hydrogens is 608 g/mol. The quantitative estimate of drug-likeness (QED) is 0.148.